The average molecular weight is 262 g/mol. The third-order valence-corrected chi connectivity index (χ3v) is 4.18. The Morgan fingerprint density at radius 3 is 2.95 bits per heavy atom. The van der Waals surface area contributed by atoms with Gasteiger partial charge < -0.3 is 10.6 Å². The lowest BCUT2D eigenvalue weighted by molar-refractivity contribution is 0.231. The van der Waals surface area contributed by atoms with Gasteiger partial charge in [-0.1, -0.05) is 0 Å². The molecular formula is C14H19FN4. The predicted octanol–water partition coefficient (Wildman–Crippen LogP) is 1.39. The molecule has 3 rings (SSSR count). The second-order valence-electron chi connectivity index (χ2n) is 5.35. The van der Waals surface area contributed by atoms with E-state index in [-0.39, 0.29) is 11.7 Å². The van der Waals surface area contributed by atoms with Crippen molar-refractivity contribution in [3.05, 3.63) is 29.6 Å². The van der Waals surface area contributed by atoms with Crippen LogP contribution >= 0.6 is 0 Å². The topological polar surface area (TPSA) is 56.4 Å². The van der Waals surface area contributed by atoms with Crippen molar-refractivity contribution in [1.82, 2.24) is 4.90 Å². The Bertz CT molecular complexity index is 502. The van der Waals surface area contributed by atoms with Gasteiger partial charge in [-0.2, -0.15) is 0 Å². The first-order valence-electron chi connectivity index (χ1n) is 6.78. The number of piperazine rings is 1. The Kier molecular flexibility index (Phi) is 3.14. The minimum absolute atomic E-state index is 0.0663. The van der Waals surface area contributed by atoms with Gasteiger partial charge in [-0.25, -0.2) is 4.39 Å². The molecule has 0 bridgehead atoms. The summed E-state index contributed by atoms with van der Waals surface area (Å²) in [4.78, 5) is 4.76. The second-order valence-corrected chi connectivity index (χ2v) is 5.35. The fraction of sp³-hybridized carbons (Fsp3) is 0.500. The van der Waals surface area contributed by atoms with Crippen molar-refractivity contribution in [2.24, 2.45) is 5.73 Å². The summed E-state index contributed by atoms with van der Waals surface area (Å²) in [5.41, 5.74) is 6.97. The maximum Gasteiger partial charge on any atom is 0.125 e. The zero-order chi connectivity index (χ0) is 13.4. The molecule has 2 aliphatic rings. The minimum Gasteiger partial charge on any atom is -0.384 e. The van der Waals surface area contributed by atoms with Crippen LogP contribution in [0.4, 0.5) is 10.1 Å². The van der Waals surface area contributed by atoms with E-state index >= 15 is 0 Å². The fourth-order valence-corrected chi connectivity index (χ4v) is 3.21. The molecule has 5 heteroatoms. The Hall–Kier alpha value is -1.62. The minimum atomic E-state index is -0.339. The number of anilines is 1. The molecule has 19 heavy (non-hydrogen) atoms. The quantitative estimate of drug-likeness (QED) is 0.625. The van der Waals surface area contributed by atoms with Crippen LogP contribution in [0.1, 0.15) is 18.4 Å². The molecule has 2 heterocycles. The van der Waals surface area contributed by atoms with E-state index in [1.54, 1.807) is 6.07 Å². The molecule has 4 nitrogen and oxygen atoms in total. The van der Waals surface area contributed by atoms with Crippen LogP contribution in [-0.4, -0.2) is 43.0 Å². The molecule has 1 aromatic carbocycles. The molecule has 1 aromatic rings. The summed E-state index contributed by atoms with van der Waals surface area (Å²) in [6, 6.07) is 5.15. The standard InChI is InChI=1S/C14H19FN4/c15-10-3-4-13(12(8-10)14(16)17)19-7-6-18-5-1-2-11(18)9-19/h3-4,8,11H,1-2,5-7,9H2,(H3,16,17). The zero-order valence-corrected chi connectivity index (χ0v) is 10.9. The van der Waals surface area contributed by atoms with E-state index < -0.39 is 0 Å². The first kappa shape index (κ1) is 12.4. The smallest absolute Gasteiger partial charge is 0.125 e. The summed E-state index contributed by atoms with van der Waals surface area (Å²) >= 11 is 0. The summed E-state index contributed by atoms with van der Waals surface area (Å²) in [5, 5.41) is 7.61. The van der Waals surface area contributed by atoms with E-state index in [1.807, 2.05) is 0 Å². The van der Waals surface area contributed by atoms with Crippen molar-refractivity contribution < 1.29 is 4.39 Å². The number of hydrogen-bond acceptors (Lipinski definition) is 3. The van der Waals surface area contributed by atoms with Gasteiger partial charge in [-0.05, 0) is 37.6 Å². The summed E-state index contributed by atoms with van der Waals surface area (Å²) in [6.07, 6.45) is 2.49. The van der Waals surface area contributed by atoms with Gasteiger partial charge in [0.15, 0.2) is 0 Å². The van der Waals surface area contributed by atoms with E-state index in [2.05, 4.69) is 9.80 Å². The number of nitrogen functional groups attached to an aromatic ring is 1. The molecule has 3 N–H and O–H groups in total. The van der Waals surface area contributed by atoms with Crippen molar-refractivity contribution in [1.29, 1.82) is 5.41 Å². The van der Waals surface area contributed by atoms with Gasteiger partial charge in [0.2, 0.25) is 0 Å². The second kappa shape index (κ2) is 4.81. The number of nitrogens with one attached hydrogen (secondary N) is 1. The average Bonchev–Trinajstić information content (AvgIpc) is 2.85. The molecule has 1 unspecified atom stereocenters. The number of hydrogen-bond donors (Lipinski definition) is 2. The van der Waals surface area contributed by atoms with Crippen molar-refractivity contribution >= 4 is 11.5 Å². The van der Waals surface area contributed by atoms with Crippen LogP contribution in [0.15, 0.2) is 18.2 Å². The predicted molar refractivity (Wildman–Crippen MR) is 74.2 cm³/mol. The number of nitrogens with zero attached hydrogens (tertiary/aromatic N) is 2. The number of rotatable bonds is 2. The maximum absolute atomic E-state index is 13.3. The molecule has 0 spiro atoms. The van der Waals surface area contributed by atoms with Crippen LogP contribution in [-0.2, 0) is 0 Å². The molecule has 1 atom stereocenters. The summed E-state index contributed by atoms with van der Waals surface area (Å²) < 4.78 is 13.3. The highest BCUT2D eigenvalue weighted by Crippen LogP contribution is 2.28. The molecule has 0 aliphatic carbocycles. The summed E-state index contributed by atoms with van der Waals surface area (Å²) in [7, 11) is 0. The largest absolute Gasteiger partial charge is 0.384 e. The van der Waals surface area contributed by atoms with Crippen LogP contribution in [0.5, 0.6) is 0 Å². The maximum atomic E-state index is 13.3. The monoisotopic (exact) mass is 262 g/mol. The van der Waals surface area contributed by atoms with Crippen LogP contribution < -0.4 is 10.6 Å². The summed E-state index contributed by atoms with van der Waals surface area (Å²) in [6.45, 7) is 4.11. The Balaban J connectivity index is 1.87. The molecule has 0 radical (unpaired) electrons. The normalized spacial score (nSPS) is 23.4. The fourth-order valence-electron chi connectivity index (χ4n) is 3.21. The third-order valence-electron chi connectivity index (χ3n) is 4.18. The molecule has 0 amide bonds. The number of halogens is 1. The number of nitrogens with two attached hydrogens (primary N) is 1. The summed E-state index contributed by atoms with van der Waals surface area (Å²) in [5.74, 6) is -0.406. The molecule has 102 valence electrons. The SMILES string of the molecule is N=C(N)c1cc(F)ccc1N1CCN2CCCC2C1. The third kappa shape index (κ3) is 2.30. The Morgan fingerprint density at radius 2 is 2.16 bits per heavy atom. The van der Waals surface area contributed by atoms with Crippen LogP contribution in [0.3, 0.4) is 0 Å². The zero-order valence-electron chi connectivity index (χ0n) is 10.9. The van der Waals surface area contributed by atoms with Gasteiger partial charge in [-0.15, -0.1) is 0 Å². The van der Waals surface area contributed by atoms with Crippen molar-refractivity contribution in [3.8, 4) is 0 Å². The van der Waals surface area contributed by atoms with Gasteiger partial charge >= 0.3 is 0 Å². The number of amidine groups is 1. The molecule has 2 aliphatic heterocycles. The van der Waals surface area contributed by atoms with E-state index in [9.17, 15) is 4.39 Å². The van der Waals surface area contributed by atoms with E-state index in [0.717, 1.165) is 25.3 Å². The number of fused-ring (bicyclic) bond motifs is 1. The van der Waals surface area contributed by atoms with Crippen molar-refractivity contribution in [3.63, 3.8) is 0 Å². The molecule has 2 saturated heterocycles. The number of benzene rings is 1. The highest BCUT2D eigenvalue weighted by Gasteiger charge is 2.31. The van der Waals surface area contributed by atoms with Gasteiger partial charge in [0.1, 0.15) is 11.7 Å². The van der Waals surface area contributed by atoms with Crippen molar-refractivity contribution in [2.45, 2.75) is 18.9 Å². The van der Waals surface area contributed by atoms with Gasteiger partial charge in [-0.3, -0.25) is 10.3 Å². The van der Waals surface area contributed by atoms with Gasteiger partial charge in [0.05, 0.1) is 0 Å². The van der Waals surface area contributed by atoms with Crippen LogP contribution in [0.2, 0.25) is 0 Å². The highest BCUT2D eigenvalue weighted by molar-refractivity contribution is 6.00. The lowest BCUT2D eigenvalue weighted by Crippen LogP contribution is -2.50. The molecule has 0 aromatic heterocycles. The first-order chi connectivity index (χ1) is 9.15. The molecular weight excluding hydrogens is 243 g/mol. The molecule has 0 saturated carbocycles. The van der Waals surface area contributed by atoms with Gasteiger partial charge in [0.25, 0.3) is 0 Å². The van der Waals surface area contributed by atoms with E-state index in [0.29, 0.717) is 11.6 Å². The Morgan fingerprint density at radius 1 is 1.32 bits per heavy atom. The lowest BCUT2D eigenvalue weighted by Gasteiger charge is -2.39. The first-order valence-corrected chi connectivity index (χ1v) is 6.78. The van der Waals surface area contributed by atoms with Crippen LogP contribution in [0.25, 0.3) is 0 Å². The van der Waals surface area contributed by atoms with Gasteiger partial charge in [0, 0.05) is 36.9 Å². The van der Waals surface area contributed by atoms with Crippen molar-refractivity contribution in [2.75, 3.05) is 31.1 Å². The van der Waals surface area contributed by atoms with Crippen LogP contribution in [0, 0.1) is 11.2 Å². The molecule has 2 fully saturated rings. The van der Waals surface area contributed by atoms with E-state index in [4.69, 9.17) is 11.1 Å². The Labute approximate surface area is 112 Å². The van der Waals surface area contributed by atoms with E-state index in [1.165, 1.54) is 31.5 Å². The lowest BCUT2D eigenvalue weighted by atomic mass is 10.1. The highest BCUT2D eigenvalue weighted by atomic mass is 19.1.